The van der Waals surface area contributed by atoms with Gasteiger partial charge in [-0.2, -0.15) is 4.98 Å². The second-order valence-corrected chi connectivity index (χ2v) is 8.37. The minimum absolute atomic E-state index is 0.0587. The predicted octanol–water partition coefficient (Wildman–Crippen LogP) is 4.90. The number of ether oxygens (including phenoxy) is 2. The fraction of sp³-hybridized carbons (Fsp3) is 0.0714. The van der Waals surface area contributed by atoms with Crippen LogP contribution in [0.15, 0.2) is 97.5 Å². The first kappa shape index (κ1) is 24.4. The quantitative estimate of drug-likeness (QED) is 0.274. The van der Waals surface area contributed by atoms with E-state index < -0.39 is 11.7 Å². The predicted molar refractivity (Wildman–Crippen MR) is 139 cm³/mol. The van der Waals surface area contributed by atoms with Crippen LogP contribution in [-0.2, 0) is 13.0 Å². The minimum Gasteiger partial charge on any atom is -0.489 e. The highest BCUT2D eigenvalue weighted by atomic mass is 19.1. The number of carbonyl (C=O) groups is 1. The van der Waals surface area contributed by atoms with Crippen molar-refractivity contribution in [1.29, 1.82) is 0 Å². The number of hydrogen-bond acceptors (Lipinski definition) is 7. The summed E-state index contributed by atoms with van der Waals surface area (Å²) < 4.78 is 27.7. The first-order valence-corrected chi connectivity index (χ1v) is 11.6. The van der Waals surface area contributed by atoms with E-state index in [1.807, 2.05) is 36.4 Å². The number of nitrogens with zero attached hydrogens (tertiary/aromatic N) is 4. The minimum atomic E-state index is -0.719. The van der Waals surface area contributed by atoms with Crippen LogP contribution in [0.2, 0.25) is 0 Å². The Kier molecular flexibility index (Phi) is 6.94. The fourth-order valence-electron chi connectivity index (χ4n) is 3.70. The maximum absolute atomic E-state index is 14.7. The molecule has 3 aromatic heterocycles. The highest BCUT2D eigenvalue weighted by Gasteiger charge is 2.14. The van der Waals surface area contributed by atoms with E-state index in [9.17, 15) is 9.18 Å². The van der Waals surface area contributed by atoms with Crippen LogP contribution in [-0.4, -0.2) is 25.5 Å². The molecule has 38 heavy (non-hydrogen) atoms. The number of halogens is 1. The van der Waals surface area contributed by atoms with Gasteiger partial charge in [-0.15, -0.1) is 5.10 Å². The summed E-state index contributed by atoms with van der Waals surface area (Å²) in [5, 5.41) is 7.45. The second kappa shape index (κ2) is 10.8. The van der Waals surface area contributed by atoms with E-state index in [1.54, 1.807) is 28.9 Å². The number of anilines is 1. The molecule has 190 valence electrons. The van der Waals surface area contributed by atoms with E-state index in [0.29, 0.717) is 41.6 Å². The maximum Gasteiger partial charge on any atom is 0.254 e. The summed E-state index contributed by atoms with van der Waals surface area (Å²) in [5.74, 6) is -0.463. The van der Waals surface area contributed by atoms with Crippen molar-refractivity contribution in [1.82, 2.24) is 19.6 Å². The van der Waals surface area contributed by atoms with Crippen LogP contribution >= 0.6 is 0 Å². The number of primary amides is 1. The molecule has 0 spiro atoms. The topological polar surface area (TPSA) is 117 Å². The zero-order valence-corrected chi connectivity index (χ0v) is 20.2. The SMILES string of the molecule is C=C(Cc1ccc(Oc2ncccc2C(N)=O)c(F)c1)Nc1nc2cc(OCc3ccccc3)ccn2n1. The van der Waals surface area contributed by atoms with Crippen LogP contribution in [0, 0.1) is 5.82 Å². The Balaban J connectivity index is 1.21. The molecule has 3 heterocycles. The molecular formula is C28H23FN6O3. The summed E-state index contributed by atoms with van der Waals surface area (Å²) in [6.45, 7) is 4.45. The van der Waals surface area contributed by atoms with Gasteiger partial charge in [0.2, 0.25) is 11.8 Å². The molecule has 5 rings (SSSR count). The Morgan fingerprint density at radius 3 is 2.68 bits per heavy atom. The van der Waals surface area contributed by atoms with Crippen molar-refractivity contribution < 1.29 is 18.7 Å². The number of benzene rings is 2. The van der Waals surface area contributed by atoms with Crippen LogP contribution in [0.25, 0.3) is 5.65 Å². The third-order valence-electron chi connectivity index (χ3n) is 5.50. The summed E-state index contributed by atoms with van der Waals surface area (Å²) in [6.07, 6.45) is 3.50. The lowest BCUT2D eigenvalue weighted by atomic mass is 10.1. The van der Waals surface area contributed by atoms with Crippen LogP contribution in [0.3, 0.4) is 0 Å². The first-order valence-electron chi connectivity index (χ1n) is 11.6. The van der Waals surface area contributed by atoms with Gasteiger partial charge in [-0.25, -0.2) is 13.9 Å². The Hall–Kier alpha value is -5.25. The van der Waals surface area contributed by atoms with E-state index in [0.717, 1.165) is 5.56 Å². The molecule has 0 unspecified atom stereocenters. The molecule has 0 aliphatic heterocycles. The molecule has 5 aromatic rings. The van der Waals surface area contributed by atoms with Crippen molar-refractivity contribution in [3.63, 3.8) is 0 Å². The second-order valence-electron chi connectivity index (χ2n) is 8.37. The van der Waals surface area contributed by atoms with Crippen LogP contribution in [0.5, 0.6) is 17.4 Å². The van der Waals surface area contributed by atoms with Crippen molar-refractivity contribution in [2.75, 3.05) is 5.32 Å². The third-order valence-corrected chi connectivity index (χ3v) is 5.50. The van der Waals surface area contributed by atoms with E-state index in [1.165, 1.54) is 24.4 Å². The van der Waals surface area contributed by atoms with Gasteiger partial charge in [-0.1, -0.05) is 43.0 Å². The highest BCUT2D eigenvalue weighted by Crippen LogP contribution is 2.27. The largest absolute Gasteiger partial charge is 0.489 e. The lowest BCUT2D eigenvalue weighted by Crippen LogP contribution is -2.13. The normalized spacial score (nSPS) is 10.8. The summed E-state index contributed by atoms with van der Waals surface area (Å²) in [7, 11) is 0. The van der Waals surface area contributed by atoms with E-state index in [2.05, 4.69) is 27.0 Å². The third kappa shape index (κ3) is 5.76. The van der Waals surface area contributed by atoms with Gasteiger partial charge in [-0.3, -0.25) is 4.79 Å². The molecular weight excluding hydrogens is 487 g/mol. The summed E-state index contributed by atoms with van der Waals surface area (Å²) in [6, 6.07) is 20.9. The molecule has 1 amide bonds. The smallest absolute Gasteiger partial charge is 0.254 e. The van der Waals surface area contributed by atoms with Gasteiger partial charge in [0.15, 0.2) is 17.2 Å². The zero-order chi connectivity index (χ0) is 26.5. The van der Waals surface area contributed by atoms with E-state index in [4.69, 9.17) is 15.2 Å². The number of rotatable bonds is 10. The number of nitrogens with two attached hydrogens (primary N) is 1. The Morgan fingerprint density at radius 1 is 1.05 bits per heavy atom. The van der Waals surface area contributed by atoms with Gasteiger partial charge in [0, 0.05) is 30.6 Å². The molecule has 0 radical (unpaired) electrons. The number of pyridine rings is 2. The first-order chi connectivity index (χ1) is 18.4. The zero-order valence-electron chi connectivity index (χ0n) is 20.2. The lowest BCUT2D eigenvalue weighted by Gasteiger charge is -2.10. The number of allylic oxidation sites excluding steroid dienone is 1. The molecule has 0 saturated carbocycles. The summed E-state index contributed by atoms with van der Waals surface area (Å²) in [4.78, 5) is 20.0. The number of aromatic nitrogens is 4. The van der Waals surface area contributed by atoms with Crippen LogP contribution in [0.4, 0.5) is 10.3 Å². The van der Waals surface area contributed by atoms with Crippen LogP contribution in [0.1, 0.15) is 21.5 Å². The van der Waals surface area contributed by atoms with Gasteiger partial charge in [0.25, 0.3) is 5.91 Å². The summed E-state index contributed by atoms with van der Waals surface area (Å²) in [5.41, 5.74) is 8.26. The Morgan fingerprint density at radius 2 is 1.89 bits per heavy atom. The summed E-state index contributed by atoms with van der Waals surface area (Å²) >= 11 is 0. The number of amides is 1. The number of carbonyl (C=O) groups excluding carboxylic acids is 1. The molecule has 0 bridgehead atoms. The maximum atomic E-state index is 14.7. The van der Waals surface area contributed by atoms with Crippen molar-refractivity contribution in [3.8, 4) is 17.4 Å². The molecule has 2 aromatic carbocycles. The van der Waals surface area contributed by atoms with Crippen LogP contribution < -0.4 is 20.5 Å². The lowest BCUT2D eigenvalue weighted by molar-refractivity contribution is 0.0997. The average molecular weight is 511 g/mol. The number of nitrogens with one attached hydrogen (secondary N) is 1. The van der Waals surface area contributed by atoms with Gasteiger partial charge < -0.3 is 20.5 Å². The van der Waals surface area contributed by atoms with Gasteiger partial charge >= 0.3 is 0 Å². The fourth-order valence-corrected chi connectivity index (χ4v) is 3.70. The Labute approximate surface area is 217 Å². The standard InChI is InChI=1S/C28H23FN6O3/c1-18(14-20-9-10-24(23(29)15-20)38-27-22(26(30)36)8-5-12-31-27)32-28-33-25-16-21(11-13-35(25)34-28)37-17-19-6-3-2-4-7-19/h2-13,15-16H,1,14,17H2,(H2,30,36)(H,32,34). The van der Waals surface area contributed by atoms with Crippen molar-refractivity contribution in [3.05, 3.63) is 120 Å². The number of hydrogen-bond donors (Lipinski definition) is 2. The monoisotopic (exact) mass is 510 g/mol. The van der Waals surface area contributed by atoms with E-state index >= 15 is 0 Å². The van der Waals surface area contributed by atoms with Crippen molar-refractivity contribution in [2.45, 2.75) is 13.0 Å². The van der Waals surface area contributed by atoms with E-state index in [-0.39, 0.29) is 17.2 Å². The number of fused-ring (bicyclic) bond motifs is 1. The molecule has 3 N–H and O–H groups in total. The molecule has 0 aliphatic rings. The molecule has 10 heteroatoms. The molecule has 0 saturated heterocycles. The van der Waals surface area contributed by atoms with Crippen molar-refractivity contribution in [2.24, 2.45) is 5.73 Å². The molecule has 9 nitrogen and oxygen atoms in total. The molecule has 0 atom stereocenters. The van der Waals surface area contributed by atoms with Gasteiger partial charge in [0.1, 0.15) is 17.9 Å². The van der Waals surface area contributed by atoms with Crippen molar-refractivity contribution >= 4 is 17.5 Å². The highest BCUT2D eigenvalue weighted by molar-refractivity contribution is 5.95. The van der Waals surface area contributed by atoms with Gasteiger partial charge in [-0.05, 0) is 41.5 Å². The van der Waals surface area contributed by atoms with Gasteiger partial charge in [0.05, 0.1) is 0 Å². The average Bonchev–Trinajstić information content (AvgIpc) is 3.31. The molecule has 0 fully saturated rings. The Bertz CT molecular complexity index is 1620. The molecule has 0 aliphatic carbocycles.